The van der Waals surface area contributed by atoms with Gasteiger partial charge in [-0.15, -0.1) is 12.4 Å². The molecule has 0 aliphatic carbocycles. The van der Waals surface area contributed by atoms with Crippen LogP contribution >= 0.6 is 12.4 Å². The van der Waals surface area contributed by atoms with Crippen molar-refractivity contribution in [3.05, 3.63) is 35.5 Å². The van der Waals surface area contributed by atoms with E-state index in [0.29, 0.717) is 35.8 Å². The lowest BCUT2D eigenvalue weighted by molar-refractivity contribution is -0.144. The molecule has 2 atom stereocenters. The van der Waals surface area contributed by atoms with Crippen LogP contribution in [0.25, 0.3) is 11.4 Å². The van der Waals surface area contributed by atoms with E-state index in [2.05, 4.69) is 10.1 Å². The van der Waals surface area contributed by atoms with Crippen molar-refractivity contribution >= 4 is 18.4 Å². The number of rotatable bonds is 4. The molecule has 1 saturated heterocycles. The minimum Gasteiger partial charge on any atom is -0.481 e. The van der Waals surface area contributed by atoms with E-state index >= 15 is 0 Å². The zero-order chi connectivity index (χ0) is 17.3. The van der Waals surface area contributed by atoms with Gasteiger partial charge in [0.2, 0.25) is 11.7 Å². The number of piperidine rings is 1. The van der Waals surface area contributed by atoms with E-state index in [4.69, 9.17) is 4.52 Å². The first-order chi connectivity index (χ1) is 11.5. The van der Waals surface area contributed by atoms with E-state index in [9.17, 15) is 14.3 Å². The molecule has 0 amide bonds. The third-order valence-corrected chi connectivity index (χ3v) is 4.58. The summed E-state index contributed by atoms with van der Waals surface area (Å²) in [6, 6.07) is 4.63. The second-order valence-corrected chi connectivity index (χ2v) is 6.27. The fourth-order valence-electron chi connectivity index (χ4n) is 2.97. The lowest BCUT2D eigenvalue weighted by Crippen LogP contribution is -2.40. The van der Waals surface area contributed by atoms with Gasteiger partial charge in [0.25, 0.3) is 0 Å². The lowest BCUT2D eigenvalue weighted by Gasteiger charge is -2.33. The highest BCUT2D eigenvalue weighted by atomic mass is 35.5. The van der Waals surface area contributed by atoms with Crippen LogP contribution in [0.1, 0.15) is 37.3 Å². The number of hydrogen-bond donors (Lipinski definition) is 1. The highest BCUT2D eigenvalue weighted by Crippen LogP contribution is 2.27. The molecule has 1 aliphatic heterocycles. The molecule has 0 radical (unpaired) electrons. The van der Waals surface area contributed by atoms with Gasteiger partial charge in [-0.1, -0.05) is 17.3 Å². The van der Waals surface area contributed by atoms with Crippen molar-refractivity contribution in [2.24, 2.45) is 5.92 Å². The maximum absolute atomic E-state index is 13.7. The van der Waals surface area contributed by atoms with Crippen LogP contribution in [0.5, 0.6) is 0 Å². The van der Waals surface area contributed by atoms with Crippen molar-refractivity contribution < 1.29 is 18.8 Å². The first-order valence-electron chi connectivity index (χ1n) is 8.02. The van der Waals surface area contributed by atoms with Crippen LogP contribution in [0.2, 0.25) is 0 Å². The maximum atomic E-state index is 13.7. The topological polar surface area (TPSA) is 79.5 Å². The summed E-state index contributed by atoms with van der Waals surface area (Å²) in [5, 5.41) is 13.1. The van der Waals surface area contributed by atoms with Gasteiger partial charge in [-0.05, 0) is 44.9 Å². The number of likely N-dealkylation sites (tertiary alicyclic amines) is 1. The van der Waals surface area contributed by atoms with Crippen LogP contribution in [0.3, 0.4) is 0 Å². The van der Waals surface area contributed by atoms with Crippen LogP contribution < -0.4 is 0 Å². The summed E-state index contributed by atoms with van der Waals surface area (Å²) in [4.78, 5) is 17.6. The van der Waals surface area contributed by atoms with E-state index in [1.807, 2.05) is 11.8 Å². The van der Waals surface area contributed by atoms with E-state index in [0.717, 1.165) is 13.0 Å². The van der Waals surface area contributed by atoms with Crippen LogP contribution in [0.4, 0.5) is 4.39 Å². The van der Waals surface area contributed by atoms with Crippen LogP contribution in [0.15, 0.2) is 22.7 Å². The molecule has 2 heterocycles. The quantitative estimate of drug-likeness (QED) is 0.889. The predicted octanol–water partition coefficient (Wildman–Crippen LogP) is 3.46. The first-order valence-corrected chi connectivity index (χ1v) is 8.02. The minimum atomic E-state index is -0.770. The number of halogens is 2. The van der Waals surface area contributed by atoms with Gasteiger partial charge in [0.1, 0.15) is 5.82 Å². The van der Waals surface area contributed by atoms with Gasteiger partial charge in [-0.25, -0.2) is 4.39 Å². The number of benzene rings is 1. The molecule has 1 aromatic carbocycles. The van der Waals surface area contributed by atoms with E-state index in [-0.39, 0.29) is 30.2 Å². The van der Waals surface area contributed by atoms with Gasteiger partial charge < -0.3 is 9.63 Å². The SMILES string of the molecule is Cc1ccc(-c2noc(C(C)N3CCCC(C(=O)O)C3)n2)cc1F.Cl. The lowest BCUT2D eigenvalue weighted by atomic mass is 9.97. The Labute approximate surface area is 151 Å². The minimum absolute atomic E-state index is 0. The Kier molecular flexibility index (Phi) is 6.13. The Morgan fingerprint density at radius 3 is 2.92 bits per heavy atom. The second kappa shape index (κ2) is 7.93. The largest absolute Gasteiger partial charge is 0.481 e. The zero-order valence-corrected chi connectivity index (χ0v) is 14.9. The molecule has 2 unspecified atom stereocenters. The smallest absolute Gasteiger partial charge is 0.307 e. The molecule has 25 heavy (non-hydrogen) atoms. The van der Waals surface area contributed by atoms with E-state index in [1.165, 1.54) is 6.07 Å². The number of hydrogen-bond acceptors (Lipinski definition) is 5. The Bertz CT molecular complexity index is 752. The van der Waals surface area contributed by atoms with E-state index < -0.39 is 5.97 Å². The van der Waals surface area contributed by atoms with Gasteiger partial charge in [-0.3, -0.25) is 9.69 Å². The van der Waals surface area contributed by atoms with Crippen molar-refractivity contribution in [1.29, 1.82) is 0 Å². The molecule has 1 aromatic heterocycles. The first kappa shape index (κ1) is 19.3. The molecule has 0 bridgehead atoms. The number of carboxylic acids is 1. The number of aromatic nitrogens is 2. The molecular weight excluding hydrogens is 349 g/mol. The summed E-state index contributed by atoms with van der Waals surface area (Å²) in [5.74, 6) is -0.699. The van der Waals surface area contributed by atoms with Crippen LogP contribution in [0, 0.1) is 18.7 Å². The molecule has 1 fully saturated rings. The predicted molar refractivity (Wildman–Crippen MR) is 92.0 cm³/mol. The summed E-state index contributed by atoms with van der Waals surface area (Å²) in [6.45, 7) is 4.87. The standard InChI is InChI=1S/C17H20FN3O3.ClH/c1-10-5-6-12(8-14(10)18)15-19-16(24-20-15)11(2)21-7-3-4-13(9-21)17(22)23;/h5-6,8,11,13H,3-4,7,9H2,1-2H3,(H,22,23);1H. The van der Waals surface area contributed by atoms with Crippen LogP contribution in [-0.4, -0.2) is 39.2 Å². The number of aliphatic carboxylic acids is 1. The van der Waals surface area contributed by atoms with Gasteiger partial charge in [0.15, 0.2) is 0 Å². The average molecular weight is 370 g/mol. The molecule has 3 rings (SSSR count). The third kappa shape index (κ3) is 4.16. The van der Waals surface area contributed by atoms with Crippen molar-refractivity contribution in [3.63, 3.8) is 0 Å². The Hall–Kier alpha value is -1.99. The Morgan fingerprint density at radius 1 is 1.48 bits per heavy atom. The summed E-state index contributed by atoms with van der Waals surface area (Å²) >= 11 is 0. The summed E-state index contributed by atoms with van der Waals surface area (Å²) in [5.41, 5.74) is 1.12. The van der Waals surface area contributed by atoms with Crippen molar-refractivity contribution in [2.75, 3.05) is 13.1 Å². The van der Waals surface area contributed by atoms with Crippen LogP contribution in [-0.2, 0) is 4.79 Å². The fraction of sp³-hybridized carbons (Fsp3) is 0.471. The van der Waals surface area contributed by atoms with Gasteiger partial charge in [0, 0.05) is 12.1 Å². The van der Waals surface area contributed by atoms with Gasteiger partial charge >= 0.3 is 5.97 Å². The maximum Gasteiger partial charge on any atom is 0.307 e. The summed E-state index contributed by atoms with van der Waals surface area (Å²) in [7, 11) is 0. The fourth-order valence-corrected chi connectivity index (χ4v) is 2.97. The number of carbonyl (C=O) groups is 1. The monoisotopic (exact) mass is 369 g/mol. The highest BCUT2D eigenvalue weighted by Gasteiger charge is 2.30. The normalized spacial score (nSPS) is 19.2. The zero-order valence-electron chi connectivity index (χ0n) is 14.1. The highest BCUT2D eigenvalue weighted by molar-refractivity contribution is 5.85. The molecule has 1 aliphatic rings. The molecule has 0 saturated carbocycles. The van der Waals surface area contributed by atoms with Gasteiger partial charge in [0.05, 0.1) is 12.0 Å². The van der Waals surface area contributed by atoms with Gasteiger partial charge in [-0.2, -0.15) is 4.98 Å². The molecule has 6 nitrogen and oxygen atoms in total. The molecule has 2 aromatic rings. The third-order valence-electron chi connectivity index (χ3n) is 4.58. The number of aryl methyl sites for hydroxylation is 1. The average Bonchev–Trinajstić information content (AvgIpc) is 3.06. The van der Waals surface area contributed by atoms with E-state index in [1.54, 1.807) is 19.1 Å². The molecule has 8 heteroatoms. The van der Waals surface area contributed by atoms with Crippen molar-refractivity contribution in [1.82, 2.24) is 15.0 Å². The summed E-state index contributed by atoms with van der Waals surface area (Å²) < 4.78 is 19.0. The number of carboxylic acid groups (broad SMARTS) is 1. The second-order valence-electron chi connectivity index (χ2n) is 6.27. The summed E-state index contributed by atoms with van der Waals surface area (Å²) in [6.07, 6.45) is 1.52. The molecule has 1 N–H and O–H groups in total. The molecule has 136 valence electrons. The number of nitrogens with zero attached hydrogens (tertiary/aromatic N) is 3. The molecular formula is C17H21ClFN3O3. The molecule has 0 spiro atoms. The Morgan fingerprint density at radius 2 is 2.24 bits per heavy atom. The van der Waals surface area contributed by atoms with Crippen molar-refractivity contribution in [2.45, 2.75) is 32.7 Å². The van der Waals surface area contributed by atoms with Crippen molar-refractivity contribution in [3.8, 4) is 11.4 Å². The Balaban J connectivity index is 0.00000225.